The van der Waals surface area contributed by atoms with Crippen LogP contribution in [0, 0.1) is 10.1 Å². The molecule has 10 heteroatoms. The number of amides is 1. The summed E-state index contributed by atoms with van der Waals surface area (Å²) in [7, 11) is 0. The molecule has 144 valence electrons. The molecule has 7 nitrogen and oxygen atoms in total. The summed E-state index contributed by atoms with van der Waals surface area (Å²) in [5.74, 6) is 0.178. The van der Waals surface area contributed by atoms with Crippen LogP contribution < -0.4 is 15.6 Å². The maximum absolute atomic E-state index is 12.6. The first kappa shape index (κ1) is 20.0. The summed E-state index contributed by atoms with van der Waals surface area (Å²) in [4.78, 5) is 21.8. The predicted molar refractivity (Wildman–Crippen MR) is 91.0 cm³/mol. The lowest BCUT2D eigenvalue weighted by Gasteiger charge is -2.11. The van der Waals surface area contributed by atoms with Gasteiger partial charge in [0.15, 0.2) is 0 Å². The van der Waals surface area contributed by atoms with Crippen molar-refractivity contribution in [2.24, 2.45) is 0 Å². The highest BCUT2D eigenvalue weighted by Gasteiger charge is 2.33. The van der Waals surface area contributed by atoms with Crippen LogP contribution in [0.3, 0.4) is 0 Å². The molecule has 0 saturated carbocycles. The molecule has 27 heavy (non-hydrogen) atoms. The number of alkyl halides is 3. The van der Waals surface area contributed by atoms with Gasteiger partial charge in [-0.2, -0.15) is 13.2 Å². The molecule has 2 N–H and O–H groups in total. The number of nitrogens with one attached hydrogen (secondary N) is 2. The van der Waals surface area contributed by atoms with Crippen LogP contribution in [0.2, 0.25) is 0 Å². The third kappa shape index (κ3) is 6.17. The third-order valence-corrected chi connectivity index (χ3v) is 3.42. The summed E-state index contributed by atoms with van der Waals surface area (Å²) in [5.41, 5.74) is 2.31. The molecule has 2 rings (SSSR count). The van der Waals surface area contributed by atoms with Gasteiger partial charge in [0.1, 0.15) is 11.4 Å². The maximum Gasteiger partial charge on any atom is 0.416 e. The van der Waals surface area contributed by atoms with Crippen molar-refractivity contribution in [3.63, 3.8) is 0 Å². The van der Waals surface area contributed by atoms with Crippen LogP contribution in [-0.2, 0) is 11.0 Å². The molecule has 0 heterocycles. The number of carbonyl (C=O) groups is 1. The minimum Gasteiger partial charge on any atom is -0.494 e. The second-order valence-electron chi connectivity index (χ2n) is 5.43. The number of benzene rings is 2. The molecule has 2 aromatic rings. The lowest BCUT2D eigenvalue weighted by Crippen LogP contribution is -2.29. The molecule has 0 aliphatic carbocycles. The summed E-state index contributed by atoms with van der Waals surface area (Å²) >= 11 is 0. The largest absolute Gasteiger partial charge is 0.494 e. The van der Waals surface area contributed by atoms with E-state index in [1.165, 1.54) is 0 Å². The molecule has 0 aliphatic rings. The molecular formula is C17H16F3N3O4. The minimum absolute atomic E-state index is 0.0638. The highest BCUT2D eigenvalue weighted by atomic mass is 19.4. The highest BCUT2D eigenvalue weighted by Crippen LogP contribution is 2.34. The van der Waals surface area contributed by atoms with Crippen LogP contribution in [0.4, 0.5) is 24.5 Å². The first-order valence-corrected chi connectivity index (χ1v) is 7.85. The molecule has 0 bridgehead atoms. The highest BCUT2D eigenvalue weighted by molar-refractivity contribution is 5.78. The van der Waals surface area contributed by atoms with Gasteiger partial charge in [0.2, 0.25) is 5.91 Å². The molecular weight excluding hydrogens is 367 g/mol. The number of nitro benzene ring substituents is 1. The van der Waals surface area contributed by atoms with Gasteiger partial charge >= 0.3 is 6.18 Å². The number of hydrazine groups is 1. The lowest BCUT2D eigenvalue weighted by atomic mass is 10.1. The minimum atomic E-state index is -4.70. The predicted octanol–water partition coefficient (Wildman–Crippen LogP) is 3.92. The van der Waals surface area contributed by atoms with Crippen LogP contribution in [0.5, 0.6) is 5.75 Å². The van der Waals surface area contributed by atoms with Gasteiger partial charge in [0, 0.05) is 12.5 Å². The van der Waals surface area contributed by atoms with E-state index in [4.69, 9.17) is 4.74 Å². The maximum atomic E-state index is 12.6. The van der Waals surface area contributed by atoms with E-state index in [1.54, 1.807) is 12.1 Å². The van der Waals surface area contributed by atoms with Crippen molar-refractivity contribution in [3.8, 4) is 5.75 Å². The Morgan fingerprint density at radius 1 is 1.15 bits per heavy atom. The van der Waals surface area contributed by atoms with Crippen molar-refractivity contribution in [3.05, 3.63) is 64.2 Å². The van der Waals surface area contributed by atoms with Gasteiger partial charge in [-0.05, 0) is 30.7 Å². The van der Waals surface area contributed by atoms with Gasteiger partial charge in [-0.15, -0.1) is 0 Å². The van der Waals surface area contributed by atoms with Crippen molar-refractivity contribution < 1.29 is 27.6 Å². The number of hydrogen-bond acceptors (Lipinski definition) is 5. The Morgan fingerprint density at radius 3 is 2.48 bits per heavy atom. The second kappa shape index (κ2) is 8.88. The fourth-order valence-corrected chi connectivity index (χ4v) is 2.10. The molecule has 1 amide bonds. The van der Waals surface area contributed by atoms with E-state index in [2.05, 4.69) is 10.9 Å². The Bertz CT molecular complexity index is 798. The van der Waals surface area contributed by atoms with Crippen molar-refractivity contribution in [1.82, 2.24) is 5.43 Å². The van der Waals surface area contributed by atoms with Crippen molar-refractivity contribution in [2.75, 3.05) is 12.0 Å². The molecule has 0 radical (unpaired) electrons. The van der Waals surface area contributed by atoms with Crippen molar-refractivity contribution >= 4 is 17.3 Å². The topological polar surface area (TPSA) is 93.5 Å². The molecule has 0 fully saturated rings. The van der Waals surface area contributed by atoms with Gasteiger partial charge in [0.05, 0.1) is 17.1 Å². The van der Waals surface area contributed by atoms with Gasteiger partial charge in [-0.1, -0.05) is 18.2 Å². The number of anilines is 1. The second-order valence-corrected chi connectivity index (χ2v) is 5.43. The molecule has 0 aliphatic heterocycles. The standard InChI is InChI=1S/C17H16F3N3O4/c18-17(19,20)12-8-9-14(15(11-12)23(25)26)21-22-16(24)7-4-10-27-13-5-2-1-3-6-13/h1-3,5-6,8-9,11,21H,4,7,10H2,(H,22,24). The zero-order valence-corrected chi connectivity index (χ0v) is 14.0. The lowest BCUT2D eigenvalue weighted by molar-refractivity contribution is -0.384. The normalized spacial score (nSPS) is 10.9. The number of ether oxygens (including phenoxy) is 1. The van der Waals surface area contributed by atoms with Crippen LogP contribution in [0.1, 0.15) is 18.4 Å². The van der Waals surface area contributed by atoms with Gasteiger partial charge in [-0.25, -0.2) is 0 Å². The summed E-state index contributed by atoms with van der Waals surface area (Å²) < 4.78 is 43.4. The Balaban J connectivity index is 1.84. The van der Waals surface area contributed by atoms with E-state index in [-0.39, 0.29) is 18.7 Å². The zero-order valence-electron chi connectivity index (χ0n) is 14.0. The van der Waals surface area contributed by atoms with Crippen LogP contribution in [-0.4, -0.2) is 17.4 Å². The quantitative estimate of drug-likeness (QED) is 0.409. The third-order valence-electron chi connectivity index (χ3n) is 3.42. The number of para-hydroxylation sites is 1. The average Bonchev–Trinajstić information content (AvgIpc) is 2.63. The van der Waals surface area contributed by atoms with Gasteiger partial charge in [-0.3, -0.25) is 25.8 Å². The molecule has 0 saturated heterocycles. The molecule has 0 spiro atoms. The smallest absolute Gasteiger partial charge is 0.416 e. The van der Waals surface area contributed by atoms with E-state index in [1.807, 2.05) is 18.2 Å². The van der Waals surface area contributed by atoms with Gasteiger partial charge < -0.3 is 4.74 Å². The number of rotatable bonds is 8. The number of hydrogen-bond donors (Lipinski definition) is 2. The fourth-order valence-electron chi connectivity index (χ4n) is 2.10. The Morgan fingerprint density at radius 2 is 1.85 bits per heavy atom. The van der Waals surface area contributed by atoms with E-state index in [0.717, 1.165) is 6.07 Å². The Kier molecular flexibility index (Phi) is 6.58. The van der Waals surface area contributed by atoms with E-state index in [9.17, 15) is 28.1 Å². The number of carbonyl (C=O) groups excluding carboxylic acids is 1. The number of nitro groups is 1. The first-order chi connectivity index (χ1) is 12.8. The SMILES string of the molecule is O=C(CCCOc1ccccc1)NNc1ccc(C(F)(F)F)cc1[N+](=O)[O-]. The molecule has 0 unspecified atom stereocenters. The summed E-state index contributed by atoms with van der Waals surface area (Å²) in [6.45, 7) is 0.290. The monoisotopic (exact) mass is 383 g/mol. The summed E-state index contributed by atoms with van der Waals surface area (Å²) in [6, 6.07) is 11.0. The van der Waals surface area contributed by atoms with Gasteiger partial charge in [0.25, 0.3) is 5.69 Å². The van der Waals surface area contributed by atoms with E-state index >= 15 is 0 Å². The summed E-state index contributed by atoms with van der Waals surface area (Å²) in [6.07, 6.45) is -4.25. The molecule has 0 atom stereocenters. The zero-order chi connectivity index (χ0) is 19.9. The van der Waals surface area contributed by atoms with Crippen molar-refractivity contribution in [1.29, 1.82) is 0 Å². The van der Waals surface area contributed by atoms with E-state index in [0.29, 0.717) is 24.3 Å². The van der Waals surface area contributed by atoms with Crippen LogP contribution in [0.15, 0.2) is 48.5 Å². The number of nitrogens with zero attached hydrogens (tertiary/aromatic N) is 1. The van der Waals surface area contributed by atoms with Crippen molar-refractivity contribution in [2.45, 2.75) is 19.0 Å². The molecule has 0 aromatic heterocycles. The molecule has 2 aromatic carbocycles. The number of halogens is 3. The van der Waals surface area contributed by atoms with E-state index < -0.39 is 28.3 Å². The first-order valence-electron chi connectivity index (χ1n) is 7.85. The fraction of sp³-hybridized carbons (Fsp3) is 0.235. The average molecular weight is 383 g/mol. The Labute approximate surface area is 152 Å². The Hall–Kier alpha value is -3.30. The van der Waals surface area contributed by atoms with Crippen LogP contribution in [0.25, 0.3) is 0 Å². The summed E-state index contributed by atoms with van der Waals surface area (Å²) in [5, 5.41) is 11.0. The van der Waals surface area contributed by atoms with Crippen LogP contribution >= 0.6 is 0 Å².